The second kappa shape index (κ2) is 6.49. The van der Waals surface area contributed by atoms with Gasteiger partial charge in [0.1, 0.15) is 0 Å². The largest absolute Gasteiger partial charge is 0.497 e. The molecule has 154 valence electrons. The topological polar surface area (TPSA) is 60.8 Å². The van der Waals surface area contributed by atoms with Gasteiger partial charge in [-0.05, 0) is 64.6 Å². The van der Waals surface area contributed by atoms with Gasteiger partial charge in [0.05, 0.1) is 28.3 Å². The summed E-state index contributed by atoms with van der Waals surface area (Å²) in [6.07, 6.45) is 3.60. The lowest BCUT2D eigenvalue weighted by molar-refractivity contribution is 0.00578. The van der Waals surface area contributed by atoms with Crippen molar-refractivity contribution in [1.29, 1.82) is 0 Å². The first kappa shape index (κ1) is 20.3. The lowest BCUT2D eigenvalue weighted by atomic mass is 9.73. The summed E-state index contributed by atoms with van der Waals surface area (Å²) in [6, 6.07) is 8.75. The van der Waals surface area contributed by atoms with E-state index in [-0.39, 0.29) is 4.90 Å². The second-order valence-electron chi connectivity index (χ2n) is 8.88. The van der Waals surface area contributed by atoms with Crippen molar-refractivity contribution in [3.63, 3.8) is 0 Å². The van der Waals surface area contributed by atoms with Gasteiger partial charge in [-0.1, -0.05) is 17.7 Å². The smallest absolute Gasteiger partial charge is 0.399 e. The molecule has 0 bridgehead atoms. The molecule has 0 radical (unpaired) electrons. The van der Waals surface area contributed by atoms with Crippen molar-refractivity contribution < 1.29 is 17.7 Å². The van der Waals surface area contributed by atoms with E-state index in [2.05, 4.69) is 0 Å². The van der Waals surface area contributed by atoms with Crippen LogP contribution in [0.1, 0.15) is 44.5 Å². The van der Waals surface area contributed by atoms with Gasteiger partial charge >= 0.3 is 7.12 Å². The highest BCUT2D eigenvalue weighted by Crippen LogP contribution is 2.42. The Hall–Kier alpha value is -2.03. The molecule has 29 heavy (non-hydrogen) atoms. The number of aromatic nitrogens is 1. The average Bonchev–Trinajstić information content (AvgIpc) is 3.13. The van der Waals surface area contributed by atoms with Gasteiger partial charge in [-0.2, -0.15) is 0 Å². The third-order valence-electron chi connectivity index (χ3n) is 6.11. The Kier molecular flexibility index (Phi) is 4.53. The van der Waals surface area contributed by atoms with Crippen LogP contribution < -0.4 is 0 Å². The zero-order valence-electron chi connectivity index (χ0n) is 17.8. The van der Waals surface area contributed by atoms with Crippen LogP contribution in [-0.2, 0) is 25.9 Å². The molecule has 0 unspecified atom stereocenters. The third-order valence-corrected chi connectivity index (χ3v) is 7.84. The van der Waals surface area contributed by atoms with E-state index in [1.165, 1.54) is 3.97 Å². The Balaban J connectivity index is 1.76. The molecular weight excluding hydrogens is 387 g/mol. The quantitative estimate of drug-likeness (QED) is 0.720. The minimum absolute atomic E-state index is 0.274. The second-order valence-corrected chi connectivity index (χ2v) is 10.7. The molecular formula is C21H27BN2O4S. The SMILES string of the molecule is Cc1ccc(S(=O)(=O)n2ccc3c2CN(C)C=C3B2OC(C)(C)C(C)(C)O2)cc1. The number of benzene rings is 1. The van der Waals surface area contributed by atoms with E-state index in [9.17, 15) is 8.42 Å². The average molecular weight is 414 g/mol. The molecule has 0 spiro atoms. The molecule has 1 fully saturated rings. The van der Waals surface area contributed by atoms with E-state index < -0.39 is 28.3 Å². The van der Waals surface area contributed by atoms with E-state index in [1.54, 1.807) is 18.3 Å². The van der Waals surface area contributed by atoms with E-state index in [0.29, 0.717) is 12.2 Å². The summed E-state index contributed by atoms with van der Waals surface area (Å²) < 4.78 is 40.4. The molecule has 1 aromatic carbocycles. The maximum absolute atomic E-state index is 13.3. The van der Waals surface area contributed by atoms with Gasteiger partial charge < -0.3 is 14.2 Å². The van der Waals surface area contributed by atoms with Crippen molar-refractivity contribution >= 4 is 22.6 Å². The molecule has 0 saturated carbocycles. The predicted octanol–water partition coefficient (Wildman–Crippen LogP) is 3.45. The van der Waals surface area contributed by atoms with Crippen LogP contribution in [0.2, 0.25) is 0 Å². The summed E-state index contributed by atoms with van der Waals surface area (Å²) in [7, 11) is -2.32. The minimum Gasteiger partial charge on any atom is -0.399 e. The van der Waals surface area contributed by atoms with Crippen molar-refractivity contribution in [2.45, 2.75) is 57.3 Å². The van der Waals surface area contributed by atoms with Gasteiger partial charge in [-0.3, -0.25) is 0 Å². The van der Waals surface area contributed by atoms with E-state index in [1.807, 2.05) is 71.0 Å². The normalized spacial score (nSPS) is 20.6. The summed E-state index contributed by atoms with van der Waals surface area (Å²) in [4.78, 5) is 2.24. The molecule has 2 aliphatic heterocycles. The summed E-state index contributed by atoms with van der Waals surface area (Å²) in [5.41, 5.74) is 2.48. The van der Waals surface area contributed by atoms with Crippen molar-refractivity contribution in [1.82, 2.24) is 8.87 Å². The molecule has 1 aromatic heterocycles. The van der Waals surface area contributed by atoms with Crippen LogP contribution >= 0.6 is 0 Å². The Morgan fingerprint density at radius 3 is 2.17 bits per heavy atom. The molecule has 0 amide bonds. The highest BCUT2D eigenvalue weighted by atomic mass is 32.2. The molecule has 0 aliphatic carbocycles. The number of fused-ring (bicyclic) bond motifs is 1. The maximum atomic E-state index is 13.3. The Morgan fingerprint density at radius 2 is 1.59 bits per heavy atom. The van der Waals surface area contributed by atoms with Crippen LogP contribution in [0.5, 0.6) is 0 Å². The molecule has 3 heterocycles. The summed E-state index contributed by atoms with van der Waals surface area (Å²) >= 11 is 0. The van der Waals surface area contributed by atoms with Crippen LogP contribution in [-0.4, -0.2) is 42.7 Å². The molecule has 0 N–H and O–H groups in total. The highest BCUT2D eigenvalue weighted by molar-refractivity contribution is 7.90. The molecule has 4 rings (SSSR count). The van der Waals surface area contributed by atoms with E-state index in [4.69, 9.17) is 9.31 Å². The number of nitrogens with zero attached hydrogens (tertiary/aromatic N) is 2. The van der Waals surface area contributed by atoms with Crippen LogP contribution in [0.15, 0.2) is 47.6 Å². The zero-order valence-corrected chi connectivity index (χ0v) is 18.6. The maximum Gasteiger partial charge on any atom is 0.497 e. The first-order valence-corrected chi connectivity index (χ1v) is 11.2. The third kappa shape index (κ3) is 3.23. The minimum atomic E-state index is -3.69. The number of rotatable bonds is 3. The molecule has 6 nitrogen and oxygen atoms in total. The van der Waals surface area contributed by atoms with E-state index in [0.717, 1.165) is 16.6 Å². The predicted molar refractivity (Wildman–Crippen MR) is 114 cm³/mol. The first-order chi connectivity index (χ1) is 13.4. The monoisotopic (exact) mass is 414 g/mol. The van der Waals surface area contributed by atoms with E-state index >= 15 is 0 Å². The molecule has 2 aromatic rings. The van der Waals surface area contributed by atoms with Crippen LogP contribution in [0, 0.1) is 6.92 Å². The number of aryl methyl sites for hydroxylation is 1. The van der Waals surface area contributed by atoms with Gasteiger partial charge in [-0.15, -0.1) is 0 Å². The molecule has 2 aliphatic rings. The summed E-state index contributed by atoms with van der Waals surface area (Å²) in [6.45, 7) is 10.4. The molecule has 0 atom stereocenters. The Bertz CT molecular complexity index is 1070. The Morgan fingerprint density at radius 1 is 1.00 bits per heavy atom. The van der Waals surface area contributed by atoms with Crippen molar-refractivity contribution in [3.05, 3.63) is 59.5 Å². The van der Waals surface area contributed by atoms with Gasteiger partial charge in [-0.25, -0.2) is 12.4 Å². The van der Waals surface area contributed by atoms with Crippen LogP contribution in [0.25, 0.3) is 5.47 Å². The zero-order chi connectivity index (χ0) is 21.2. The fourth-order valence-electron chi connectivity index (χ4n) is 3.66. The summed E-state index contributed by atoms with van der Waals surface area (Å²) in [5, 5.41) is 0. The molecule has 8 heteroatoms. The Labute approximate surface area is 173 Å². The van der Waals surface area contributed by atoms with Crippen LogP contribution in [0.4, 0.5) is 0 Å². The number of hydrogen-bond donors (Lipinski definition) is 0. The number of hydrogen-bond acceptors (Lipinski definition) is 5. The van der Waals surface area contributed by atoms with Crippen molar-refractivity contribution in [2.24, 2.45) is 0 Å². The highest BCUT2D eigenvalue weighted by Gasteiger charge is 2.53. The first-order valence-electron chi connectivity index (χ1n) is 9.73. The molecule has 1 saturated heterocycles. The lowest BCUT2D eigenvalue weighted by Crippen LogP contribution is -2.41. The van der Waals surface area contributed by atoms with Gasteiger partial charge in [0.2, 0.25) is 0 Å². The van der Waals surface area contributed by atoms with Crippen molar-refractivity contribution in [2.75, 3.05) is 7.05 Å². The van der Waals surface area contributed by atoms with Gasteiger partial charge in [0, 0.05) is 18.7 Å². The van der Waals surface area contributed by atoms with Gasteiger partial charge in [0.15, 0.2) is 0 Å². The van der Waals surface area contributed by atoms with Crippen LogP contribution in [0.3, 0.4) is 0 Å². The standard InChI is InChI=1S/C21H27BN2O4S/c1-15-7-9-16(10-8-15)29(25,26)24-12-11-17-18(13-23(6)14-19(17)24)22-27-20(2,3)21(4,5)28-22/h7-13H,14H2,1-6H3. The lowest BCUT2D eigenvalue weighted by Gasteiger charge is -2.32. The fraction of sp³-hybridized carbons (Fsp3) is 0.429. The summed E-state index contributed by atoms with van der Waals surface area (Å²) in [5.74, 6) is 0. The van der Waals surface area contributed by atoms with Crippen molar-refractivity contribution in [3.8, 4) is 0 Å². The fourth-order valence-corrected chi connectivity index (χ4v) is 5.03. The van der Waals surface area contributed by atoms with Gasteiger partial charge in [0.25, 0.3) is 10.0 Å².